The highest BCUT2D eigenvalue weighted by Crippen LogP contribution is 2.30. The lowest BCUT2D eigenvalue weighted by atomic mass is 9.97. The summed E-state index contributed by atoms with van der Waals surface area (Å²) >= 11 is 0. The molecule has 0 saturated carbocycles. The lowest BCUT2D eigenvalue weighted by molar-refractivity contribution is 0.224. The van der Waals surface area contributed by atoms with Crippen LogP contribution in [0.2, 0.25) is 0 Å². The van der Waals surface area contributed by atoms with Gasteiger partial charge in [0.15, 0.2) is 0 Å². The van der Waals surface area contributed by atoms with Crippen LogP contribution in [0.1, 0.15) is 30.5 Å². The topological polar surface area (TPSA) is 12.5 Å². The van der Waals surface area contributed by atoms with Gasteiger partial charge in [-0.3, -0.25) is 4.90 Å². The van der Waals surface area contributed by atoms with Crippen molar-refractivity contribution < 1.29 is 13.5 Å². The molecular weight excluding hydrogens is 308 g/mol. The van der Waals surface area contributed by atoms with Crippen LogP contribution in [0.15, 0.2) is 48.5 Å². The Kier molecular flexibility index (Phi) is 4.95. The number of ether oxygens (including phenoxy) is 1. The highest BCUT2D eigenvalue weighted by atomic mass is 19.1. The molecule has 1 atom stereocenters. The molecule has 2 aromatic carbocycles. The van der Waals surface area contributed by atoms with Crippen LogP contribution in [0.25, 0.3) is 5.57 Å². The summed E-state index contributed by atoms with van der Waals surface area (Å²) in [5, 5.41) is 0. The Balaban J connectivity index is 1.74. The molecule has 0 aromatic heterocycles. The minimum absolute atomic E-state index is 0.152. The predicted octanol–water partition coefficient (Wildman–Crippen LogP) is 4.82. The predicted molar refractivity (Wildman–Crippen MR) is 91.9 cm³/mol. The average molecular weight is 329 g/mol. The monoisotopic (exact) mass is 329 g/mol. The van der Waals surface area contributed by atoms with E-state index in [1.165, 1.54) is 29.3 Å². The first kappa shape index (κ1) is 16.7. The van der Waals surface area contributed by atoms with Crippen molar-refractivity contribution in [2.75, 3.05) is 20.2 Å². The Hall–Kier alpha value is -2.20. The molecule has 0 aliphatic carbocycles. The van der Waals surface area contributed by atoms with E-state index in [4.69, 9.17) is 4.74 Å². The van der Waals surface area contributed by atoms with E-state index in [1.807, 2.05) is 31.2 Å². The molecule has 0 bridgehead atoms. The molecule has 2 nitrogen and oxygen atoms in total. The molecule has 0 N–H and O–H groups in total. The van der Waals surface area contributed by atoms with Gasteiger partial charge in [-0.05, 0) is 48.7 Å². The van der Waals surface area contributed by atoms with Gasteiger partial charge in [-0.15, -0.1) is 0 Å². The zero-order valence-electron chi connectivity index (χ0n) is 13.9. The van der Waals surface area contributed by atoms with Gasteiger partial charge in [0, 0.05) is 24.7 Å². The van der Waals surface area contributed by atoms with E-state index in [0.29, 0.717) is 6.54 Å². The van der Waals surface area contributed by atoms with E-state index in [-0.39, 0.29) is 11.6 Å². The highest BCUT2D eigenvalue weighted by Gasteiger charge is 2.24. The van der Waals surface area contributed by atoms with Crippen LogP contribution in [-0.2, 0) is 0 Å². The van der Waals surface area contributed by atoms with Crippen molar-refractivity contribution in [1.82, 2.24) is 4.90 Å². The molecule has 126 valence electrons. The summed E-state index contributed by atoms with van der Waals surface area (Å²) in [5.74, 6) is -0.125. The van der Waals surface area contributed by atoms with Gasteiger partial charge in [-0.2, -0.15) is 0 Å². The average Bonchev–Trinajstić information content (AvgIpc) is 2.62. The second kappa shape index (κ2) is 7.14. The first-order valence-electron chi connectivity index (χ1n) is 8.11. The third-order valence-electron chi connectivity index (χ3n) is 4.67. The fourth-order valence-corrected chi connectivity index (χ4v) is 3.20. The smallest absolute Gasteiger partial charge is 0.130 e. The Bertz CT molecular complexity index is 720. The number of nitrogens with zero attached hydrogens (tertiary/aromatic N) is 1. The molecule has 0 radical (unpaired) electrons. The molecule has 0 amide bonds. The molecule has 1 aliphatic heterocycles. The summed E-state index contributed by atoms with van der Waals surface area (Å²) in [4.78, 5) is 2.09. The van der Waals surface area contributed by atoms with E-state index in [0.717, 1.165) is 18.7 Å². The first-order valence-corrected chi connectivity index (χ1v) is 8.11. The standard InChI is InChI=1S/C20H21F2NO/c1-14(20-18(21)4-3-5-19(20)22)23-12-10-16(11-13-23)15-6-8-17(24-2)9-7-15/h3-10,14H,11-13H2,1-2H3/t14-/m0/s1. The summed E-state index contributed by atoms with van der Waals surface area (Å²) in [5.41, 5.74) is 2.58. The first-order chi connectivity index (χ1) is 11.6. The molecule has 4 heteroatoms. The normalized spacial score (nSPS) is 16.6. The zero-order valence-corrected chi connectivity index (χ0v) is 13.9. The number of hydrogen-bond donors (Lipinski definition) is 0. The third-order valence-corrected chi connectivity index (χ3v) is 4.67. The minimum Gasteiger partial charge on any atom is -0.497 e. The maximum atomic E-state index is 14.0. The molecule has 0 saturated heterocycles. The van der Waals surface area contributed by atoms with Gasteiger partial charge in [-0.1, -0.05) is 24.3 Å². The maximum Gasteiger partial charge on any atom is 0.130 e. The summed E-state index contributed by atoms with van der Waals surface area (Å²) in [6, 6.07) is 11.7. The van der Waals surface area contributed by atoms with Gasteiger partial charge < -0.3 is 4.74 Å². The summed E-state index contributed by atoms with van der Waals surface area (Å²) in [6.45, 7) is 3.30. The van der Waals surface area contributed by atoms with Crippen LogP contribution in [0.3, 0.4) is 0 Å². The number of rotatable bonds is 4. The van der Waals surface area contributed by atoms with E-state index >= 15 is 0 Å². The molecule has 1 heterocycles. The van der Waals surface area contributed by atoms with Crippen molar-refractivity contribution in [3.63, 3.8) is 0 Å². The molecule has 0 fully saturated rings. The van der Waals surface area contributed by atoms with Gasteiger partial charge in [0.2, 0.25) is 0 Å². The Labute approximate surface area is 141 Å². The van der Waals surface area contributed by atoms with Crippen LogP contribution >= 0.6 is 0 Å². The second-order valence-electron chi connectivity index (χ2n) is 6.01. The van der Waals surface area contributed by atoms with Crippen molar-refractivity contribution >= 4 is 5.57 Å². The quantitative estimate of drug-likeness (QED) is 0.797. The van der Waals surface area contributed by atoms with Gasteiger partial charge >= 0.3 is 0 Å². The molecule has 0 spiro atoms. The van der Waals surface area contributed by atoms with Crippen molar-refractivity contribution in [3.8, 4) is 5.75 Å². The Morgan fingerprint density at radius 2 is 1.71 bits per heavy atom. The Morgan fingerprint density at radius 1 is 1.04 bits per heavy atom. The highest BCUT2D eigenvalue weighted by molar-refractivity contribution is 5.67. The maximum absolute atomic E-state index is 14.0. The number of methoxy groups -OCH3 is 1. The molecule has 0 unspecified atom stereocenters. The minimum atomic E-state index is -0.479. The summed E-state index contributed by atoms with van der Waals surface area (Å²) < 4.78 is 33.1. The molecule has 1 aliphatic rings. The largest absolute Gasteiger partial charge is 0.497 e. The fraction of sp³-hybridized carbons (Fsp3) is 0.300. The summed E-state index contributed by atoms with van der Waals surface area (Å²) in [7, 11) is 1.65. The van der Waals surface area contributed by atoms with Gasteiger partial charge in [0.05, 0.1) is 7.11 Å². The lowest BCUT2D eigenvalue weighted by Gasteiger charge is -2.32. The lowest BCUT2D eigenvalue weighted by Crippen LogP contribution is -2.32. The van der Waals surface area contributed by atoms with Crippen LogP contribution in [-0.4, -0.2) is 25.1 Å². The van der Waals surface area contributed by atoms with Crippen molar-refractivity contribution in [2.45, 2.75) is 19.4 Å². The zero-order chi connectivity index (χ0) is 17.1. The SMILES string of the molecule is COc1ccc(C2=CCN([C@@H](C)c3c(F)cccc3F)CC2)cc1. The van der Waals surface area contributed by atoms with Crippen LogP contribution in [0.4, 0.5) is 8.78 Å². The van der Waals surface area contributed by atoms with Gasteiger partial charge in [0.1, 0.15) is 17.4 Å². The summed E-state index contributed by atoms with van der Waals surface area (Å²) in [6.07, 6.45) is 2.99. The molecular formula is C20H21F2NO. The second-order valence-corrected chi connectivity index (χ2v) is 6.01. The number of hydrogen-bond acceptors (Lipinski definition) is 2. The number of halogens is 2. The van der Waals surface area contributed by atoms with Crippen molar-refractivity contribution in [2.24, 2.45) is 0 Å². The van der Waals surface area contributed by atoms with E-state index < -0.39 is 11.6 Å². The van der Waals surface area contributed by atoms with Crippen LogP contribution < -0.4 is 4.74 Å². The van der Waals surface area contributed by atoms with E-state index in [9.17, 15) is 8.78 Å². The van der Waals surface area contributed by atoms with Gasteiger partial charge in [-0.25, -0.2) is 8.78 Å². The van der Waals surface area contributed by atoms with Crippen molar-refractivity contribution in [1.29, 1.82) is 0 Å². The number of benzene rings is 2. The van der Waals surface area contributed by atoms with Crippen LogP contribution in [0.5, 0.6) is 5.75 Å². The van der Waals surface area contributed by atoms with Crippen LogP contribution in [0, 0.1) is 11.6 Å². The van der Waals surface area contributed by atoms with Gasteiger partial charge in [0.25, 0.3) is 0 Å². The fourth-order valence-electron chi connectivity index (χ4n) is 3.20. The van der Waals surface area contributed by atoms with Crippen molar-refractivity contribution in [3.05, 3.63) is 71.3 Å². The molecule has 2 aromatic rings. The van der Waals surface area contributed by atoms with E-state index in [1.54, 1.807) is 7.11 Å². The molecule has 24 heavy (non-hydrogen) atoms. The molecule has 3 rings (SSSR count). The van der Waals surface area contributed by atoms with E-state index in [2.05, 4.69) is 11.0 Å². The Morgan fingerprint density at radius 3 is 2.25 bits per heavy atom. The third kappa shape index (κ3) is 3.34.